The predicted octanol–water partition coefficient (Wildman–Crippen LogP) is 4.83. The van der Waals surface area contributed by atoms with Gasteiger partial charge in [0.15, 0.2) is 0 Å². The van der Waals surface area contributed by atoms with E-state index in [1.54, 1.807) is 11.3 Å². The van der Waals surface area contributed by atoms with Gasteiger partial charge in [0.25, 0.3) is 0 Å². The van der Waals surface area contributed by atoms with Crippen LogP contribution < -0.4 is 0 Å². The van der Waals surface area contributed by atoms with Crippen molar-refractivity contribution in [2.45, 2.75) is 33.8 Å². The maximum Gasteiger partial charge on any atom is 0.114 e. The molecule has 0 bridgehead atoms. The zero-order valence-electron chi connectivity index (χ0n) is 11.0. The van der Waals surface area contributed by atoms with E-state index in [0.717, 1.165) is 31.6 Å². The molecule has 0 saturated carbocycles. The number of aryl methyl sites for hydroxylation is 3. The minimum absolute atomic E-state index is 0.526. The zero-order valence-corrected chi connectivity index (χ0v) is 13.4. The lowest BCUT2D eigenvalue weighted by atomic mass is 9.94. The van der Waals surface area contributed by atoms with Crippen LogP contribution in [0.25, 0.3) is 0 Å². The molecule has 1 aromatic heterocycles. The Morgan fingerprint density at radius 1 is 1.11 bits per heavy atom. The SMILES string of the molecule is Cc1ccsc1C(O)c1c(C)cc(C)c(Br)c1C. The number of halogens is 1. The van der Waals surface area contributed by atoms with Gasteiger partial charge in [-0.15, -0.1) is 11.3 Å². The molecule has 0 radical (unpaired) electrons. The molecular formula is C15H17BrOS. The van der Waals surface area contributed by atoms with Crippen LogP contribution in [-0.4, -0.2) is 5.11 Å². The van der Waals surface area contributed by atoms with E-state index in [-0.39, 0.29) is 0 Å². The molecule has 1 unspecified atom stereocenters. The van der Waals surface area contributed by atoms with Crippen molar-refractivity contribution in [2.24, 2.45) is 0 Å². The van der Waals surface area contributed by atoms with Gasteiger partial charge in [0.05, 0.1) is 0 Å². The fourth-order valence-corrected chi connectivity index (χ4v) is 3.64. The highest BCUT2D eigenvalue weighted by Gasteiger charge is 2.20. The summed E-state index contributed by atoms with van der Waals surface area (Å²) >= 11 is 5.22. The minimum Gasteiger partial charge on any atom is -0.383 e. The fourth-order valence-electron chi connectivity index (χ4n) is 2.39. The van der Waals surface area contributed by atoms with E-state index in [9.17, 15) is 5.11 Å². The van der Waals surface area contributed by atoms with E-state index in [2.05, 4.69) is 48.8 Å². The third-order valence-corrected chi connectivity index (χ3v) is 5.65. The number of rotatable bonds is 2. The Morgan fingerprint density at radius 3 is 2.33 bits per heavy atom. The van der Waals surface area contributed by atoms with Gasteiger partial charge in [-0.05, 0) is 67.0 Å². The standard InChI is InChI=1S/C15H17BrOS/c1-8-5-6-18-15(8)14(17)12-9(2)7-10(3)13(16)11(12)4/h5-7,14,17H,1-4H3. The first-order valence-electron chi connectivity index (χ1n) is 5.91. The summed E-state index contributed by atoms with van der Waals surface area (Å²) in [4.78, 5) is 1.04. The third-order valence-electron chi connectivity index (χ3n) is 3.36. The maximum absolute atomic E-state index is 10.6. The summed E-state index contributed by atoms with van der Waals surface area (Å²) < 4.78 is 1.09. The van der Waals surface area contributed by atoms with Crippen molar-refractivity contribution in [1.29, 1.82) is 0 Å². The monoisotopic (exact) mass is 324 g/mol. The Labute approximate surface area is 121 Å². The van der Waals surface area contributed by atoms with Crippen molar-refractivity contribution in [3.05, 3.63) is 54.7 Å². The molecule has 1 heterocycles. The van der Waals surface area contributed by atoms with E-state index >= 15 is 0 Å². The van der Waals surface area contributed by atoms with Crippen molar-refractivity contribution >= 4 is 27.3 Å². The average molecular weight is 325 g/mol. The van der Waals surface area contributed by atoms with E-state index < -0.39 is 6.10 Å². The third kappa shape index (κ3) is 2.27. The van der Waals surface area contributed by atoms with Crippen molar-refractivity contribution in [3.8, 4) is 0 Å². The highest BCUT2D eigenvalue weighted by atomic mass is 79.9. The molecule has 2 rings (SSSR count). The van der Waals surface area contributed by atoms with Crippen LogP contribution in [-0.2, 0) is 0 Å². The summed E-state index contributed by atoms with van der Waals surface area (Å²) in [5.41, 5.74) is 5.67. The molecule has 0 fully saturated rings. The molecule has 0 aliphatic heterocycles. The Balaban J connectivity index is 2.59. The molecule has 0 amide bonds. The van der Waals surface area contributed by atoms with Crippen LogP contribution in [0, 0.1) is 27.7 Å². The fraction of sp³-hybridized carbons (Fsp3) is 0.333. The van der Waals surface area contributed by atoms with Gasteiger partial charge in [0.2, 0.25) is 0 Å². The van der Waals surface area contributed by atoms with Crippen LogP contribution in [0.3, 0.4) is 0 Å². The van der Waals surface area contributed by atoms with Gasteiger partial charge in [0.1, 0.15) is 6.10 Å². The normalized spacial score (nSPS) is 12.8. The smallest absolute Gasteiger partial charge is 0.114 e. The van der Waals surface area contributed by atoms with Crippen LogP contribution in [0.4, 0.5) is 0 Å². The van der Waals surface area contributed by atoms with Gasteiger partial charge in [-0.2, -0.15) is 0 Å². The highest BCUT2D eigenvalue weighted by molar-refractivity contribution is 9.10. The van der Waals surface area contributed by atoms with Gasteiger partial charge in [-0.1, -0.05) is 22.0 Å². The van der Waals surface area contributed by atoms with Gasteiger partial charge in [0, 0.05) is 9.35 Å². The molecular weight excluding hydrogens is 308 g/mol. The molecule has 18 heavy (non-hydrogen) atoms. The molecule has 0 aliphatic carbocycles. The van der Waals surface area contributed by atoms with Gasteiger partial charge in [-0.25, -0.2) is 0 Å². The first kappa shape index (κ1) is 13.8. The quantitative estimate of drug-likeness (QED) is 0.839. The first-order chi connectivity index (χ1) is 8.43. The van der Waals surface area contributed by atoms with Crippen LogP contribution >= 0.6 is 27.3 Å². The van der Waals surface area contributed by atoms with Crippen LogP contribution in [0.15, 0.2) is 22.0 Å². The van der Waals surface area contributed by atoms with Crippen molar-refractivity contribution in [3.63, 3.8) is 0 Å². The zero-order chi connectivity index (χ0) is 13.4. The molecule has 1 aromatic carbocycles. The number of hydrogen-bond acceptors (Lipinski definition) is 2. The largest absolute Gasteiger partial charge is 0.383 e. The number of thiophene rings is 1. The van der Waals surface area contributed by atoms with Crippen molar-refractivity contribution < 1.29 is 5.11 Å². The highest BCUT2D eigenvalue weighted by Crippen LogP contribution is 2.36. The molecule has 1 N–H and O–H groups in total. The average Bonchev–Trinajstić information content (AvgIpc) is 2.72. The summed E-state index contributed by atoms with van der Waals surface area (Å²) in [6, 6.07) is 4.18. The molecule has 96 valence electrons. The van der Waals surface area contributed by atoms with Crippen LogP contribution in [0.1, 0.15) is 38.8 Å². The van der Waals surface area contributed by atoms with E-state index in [1.807, 2.05) is 12.3 Å². The lowest BCUT2D eigenvalue weighted by molar-refractivity contribution is 0.222. The molecule has 1 nitrogen and oxygen atoms in total. The Kier molecular flexibility index (Phi) is 3.95. The Bertz CT molecular complexity index is 586. The molecule has 3 heteroatoms. The van der Waals surface area contributed by atoms with Gasteiger partial charge < -0.3 is 5.11 Å². The molecule has 0 spiro atoms. The summed E-state index contributed by atoms with van der Waals surface area (Å²) in [6.07, 6.45) is -0.526. The topological polar surface area (TPSA) is 20.2 Å². The summed E-state index contributed by atoms with van der Waals surface area (Å²) in [5, 5.41) is 12.7. The Morgan fingerprint density at radius 2 is 1.78 bits per heavy atom. The minimum atomic E-state index is -0.526. The number of hydrogen-bond donors (Lipinski definition) is 1. The van der Waals surface area contributed by atoms with E-state index in [0.29, 0.717) is 0 Å². The Hall–Kier alpha value is -0.640. The van der Waals surface area contributed by atoms with Gasteiger partial charge >= 0.3 is 0 Å². The number of benzene rings is 1. The van der Waals surface area contributed by atoms with Crippen molar-refractivity contribution in [2.75, 3.05) is 0 Å². The second-order valence-corrected chi connectivity index (χ2v) is 6.47. The van der Waals surface area contributed by atoms with Crippen LogP contribution in [0.2, 0.25) is 0 Å². The predicted molar refractivity (Wildman–Crippen MR) is 81.5 cm³/mol. The second kappa shape index (κ2) is 5.16. The van der Waals surface area contributed by atoms with E-state index in [1.165, 1.54) is 5.56 Å². The van der Waals surface area contributed by atoms with Gasteiger partial charge in [-0.3, -0.25) is 0 Å². The summed E-state index contributed by atoms with van der Waals surface area (Å²) in [6.45, 7) is 8.25. The molecule has 0 saturated heterocycles. The summed E-state index contributed by atoms with van der Waals surface area (Å²) in [5.74, 6) is 0. The first-order valence-corrected chi connectivity index (χ1v) is 7.59. The molecule has 0 aliphatic rings. The maximum atomic E-state index is 10.6. The van der Waals surface area contributed by atoms with Crippen molar-refractivity contribution in [1.82, 2.24) is 0 Å². The lowest BCUT2D eigenvalue weighted by Gasteiger charge is -2.19. The van der Waals surface area contributed by atoms with E-state index in [4.69, 9.17) is 0 Å². The second-order valence-electron chi connectivity index (χ2n) is 4.73. The summed E-state index contributed by atoms with van der Waals surface area (Å²) in [7, 11) is 0. The molecule has 2 aromatic rings. The van der Waals surface area contributed by atoms with Crippen LogP contribution in [0.5, 0.6) is 0 Å². The lowest BCUT2D eigenvalue weighted by Crippen LogP contribution is -2.05. The number of aliphatic hydroxyl groups is 1. The number of aliphatic hydroxyl groups excluding tert-OH is 1. The molecule has 1 atom stereocenters.